The van der Waals surface area contributed by atoms with Crippen molar-refractivity contribution in [3.8, 4) is 0 Å². The Labute approximate surface area is 458 Å². The minimum absolute atomic E-state index is 0.132. The van der Waals surface area contributed by atoms with Crippen LogP contribution in [0.5, 0.6) is 0 Å². The molecule has 1 aliphatic rings. The van der Waals surface area contributed by atoms with E-state index in [2.05, 4.69) is 31.3 Å². The molecule has 1 aliphatic heterocycles. The van der Waals surface area contributed by atoms with Crippen molar-refractivity contribution < 1.29 is 39.8 Å². The van der Waals surface area contributed by atoms with E-state index >= 15 is 0 Å². The Balaban J connectivity index is 1.99. The van der Waals surface area contributed by atoms with Crippen molar-refractivity contribution >= 4 is 5.91 Å². The van der Waals surface area contributed by atoms with Gasteiger partial charge in [-0.2, -0.15) is 0 Å². The summed E-state index contributed by atoms with van der Waals surface area (Å²) >= 11 is 0. The number of aliphatic hydroxyl groups excluding tert-OH is 5. The van der Waals surface area contributed by atoms with E-state index in [4.69, 9.17) is 9.47 Å². The van der Waals surface area contributed by atoms with E-state index < -0.39 is 49.5 Å². The molecule has 0 radical (unpaired) electrons. The Bertz CT molecular complexity index is 1170. The van der Waals surface area contributed by atoms with Gasteiger partial charge in [-0.25, -0.2) is 0 Å². The van der Waals surface area contributed by atoms with Crippen LogP contribution in [-0.4, -0.2) is 87.5 Å². The van der Waals surface area contributed by atoms with Gasteiger partial charge < -0.3 is 40.3 Å². The molecule has 0 bridgehead atoms. The van der Waals surface area contributed by atoms with E-state index in [0.717, 1.165) is 38.5 Å². The molecule has 7 unspecified atom stereocenters. The number of nitrogens with one attached hydrogen (secondary N) is 1. The van der Waals surface area contributed by atoms with Crippen LogP contribution >= 0.6 is 0 Å². The van der Waals surface area contributed by atoms with E-state index in [0.29, 0.717) is 12.8 Å². The number of aliphatic hydroxyl groups is 5. The highest BCUT2D eigenvalue weighted by Gasteiger charge is 2.44. The predicted octanol–water partition coefficient (Wildman–Crippen LogP) is 17.1. The zero-order valence-corrected chi connectivity index (χ0v) is 49.1. The molecule has 0 aromatic heterocycles. The lowest BCUT2D eigenvalue weighted by molar-refractivity contribution is -0.302. The van der Waals surface area contributed by atoms with Crippen LogP contribution in [0, 0.1) is 0 Å². The predicted molar refractivity (Wildman–Crippen MR) is 314 cm³/mol. The van der Waals surface area contributed by atoms with Crippen LogP contribution in [0.2, 0.25) is 0 Å². The largest absolute Gasteiger partial charge is 0.394 e. The summed E-state index contributed by atoms with van der Waals surface area (Å²) < 4.78 is 11.3. The molecule has 1 heterocycles. The van der Waals surface area contributed by atoms with Crippen LogP contribution in [0.1, 0.15) is 341 Å². The second-order valence-electron chi connectivity index (χ2n) is 23.3. The zero-order valence-electron chi connectivity index (χ0n) is 49.1. The smallest absolute Gasteiger partial charge is 0.220 e. The van der Waals surface area contributed by atoms with Gasteiger partial charge in [0.2, 0.25) is 5.91 Å². The van der Waals surface area contributed by atoms with Gasteiger partial charge in [-0.15, -0.1) is 0 Å². The van der Waals surface area contributed by atoms with Crippen LogP contribution in [-0.2, 0) is 14.3 Å². The summed E-state index contributed by atoms with van der Waals surface area (Å²) in [6.07, 6.45) is 63.0. The van der Waals surface area contributed by atoms with Crippen LogP contribution in [0.3, 0.4) is 0 Å². The van der Waals surface area contributed by atoms with Gasteiger partial charge in [0.25, 0.3) is 0 Å². The van der Waals surface area contributed by atoms with Gasteiger partial charge in [-0.05, 0) is 38.5 Å². The number of hydrogen-bond acceptors (Lipinski definition) is 8. The summed E-state index contributed by atoms with van der Waals surface area (Å²) in [5, 5.41) is 54.6. The van der Waals surface area contributed by atoms with Crippen LogP contribution in [0.15, 0.2) is 12.2 Å². The van der Waals surface area contributed by atoms with Crippen LogP contribution in [0.25, 0.3) is 0 Å². The summed E-state index contributed by atoms with van der Waals surface area (Å²) in [4.78, 5) is 13.1. The van der Waals surface area contributed by atoms with Crippen molar-refractivity contribution in [1.29, 1.82) is 0 Å². The number of hydrogen-bond donors (Lipinski definition) is 6. The highest BCUT2D eigenvalue weighted by molar-refractivity contribution is 5.76. The van der Waals surface area contributed by atoms with Crippen LogP contribution in [0.4, 0.5) is 0 Å². The molecule has 1 amide bonds. The molecular formula is C65H127NO8. The number of allylic oxidation sites excluding steroid dienone is 2. The van der Waals surface area contributed by atoms with Gasteiger partial charge >= 0.3 is 0 Å². The molecule has 9 heteroatoms. The highest BCUT2D eigenvalue weighted by Crippen LogP contribution is 2.24. The van der Waals surface area contributed by atoms with Crippen molar-refractivity contribution in [3.63, 3.8) is 0 Å². The third kappa shape index (κ3) is 43.9. The van der Waals surface area contributed by atoms with E-state index in [1.165, 1.54) is 276 Å². The third-order valence-corrected chi connectivity index (χ3v) is 16.1. The molecule has 7 atom stereocenters. The van der Waals surface area contributed by atoms with Gasteiger partial charge in [0.15, 0.2) is 6.29 Å². The normalized spacial score (nSPS) is 18.9. The molecule has 440 valence electrons. The van der Waals surface area contributed by atoms with Gasteiger partial charge in [-0.1, -0.05) is 309 Å². The number of ether oxygens (including phenoxy) is 2. The fraction of sp³-hybridized carbons (Fsp3) is 0.954. The van der Waals surface area contributed by atoms with Gasteiger partial charge in [-0.3, -0.25) is 4.79 Å². The summed E-state index contributed by atoms with van der Waals surface area (Å²) in [6, 6.07) is -0.714. The van der Waals surface area contributed by atoms with Crippen molar-refractivity contribution in [2.24, 2.45) is 0 Å². The Morgan fingerprint density at radius 1 is 0.446 bits per heavy atom. The maximum atomic E-state index is 13.1. The number of unbranched alkanes of at least 4 members (excludes halogenated alkanes) is 46. The third-order valence-electron chi connectivity index (χ3n) is 16.1. The first kappa shape index (κ1) is 70.9. The molecule has 0 aromatic carbocycles. The molecule has 0 saturated carbocycles. The lowest BCUT2D eigenvalue weighted by atomic mass is 9.99. The minimum Gasteiger partial charge on any atom is -0.394 e. The second-order valence-corrected chi connectivity index (χ2v) is 23.3. The van der Waals surface area contributed by atoms with Crippen molar-refractivity contribution in [2.45, 2.75) is 384 Å². The Hall–Kier alpha value is -1.07. The van der Waals surface area contributed by atoms with E-state index in [1.807, 2.05) is 0 Å². The Morgan fingerprint density at radius 3 is 1.09 bits per heavy atom. The quantitative estimate of drug-likeness (QED) is 0.0261. The average molecular weight is 1050 g/mol. The summed E-state index contributed by atoms with van der Waals surface area (Å²) in [5.41, 5.74) is 0. The highest BCUT2D eigenvalue weighted by atomic mass is 16.7. The summed E-state index contributed by atoms with van der Waals surface area (Å²) in [7, 11) is 0. The number of carbonyl (C=O) groups is 1. The number of amides is 1. The van der Waals surface area contributed by atoms with Gasteiger partial charge in [0.05, 0.1) is 25.4 Å². The van der Waals surface area contributed by atoms with E-state index in [1.54, 1.807) is 0 Å². The van der Waals surface area contributed by atoms with E-state index in [-0.39, 0.29) is 12.5 Å². The first-order chi connectivity index (χ1) is 36.3. The fourth-order valence-electron chi connectivity index (χ4n) is 10.9. The molecule has 1 saturated heterocycles. The van der Waals surface area contributed by atoms with Crippen molar-refractivity contribution in [2.75, 3.05) is 13.2 Å². The Morgan fingerprint density at radius 2 is 0.757 bits per heavy atom. The maximum Gasteiger partial charge on any atom is 0.220 e. The molecule has 0 spiro atoms. The first-order valence-electron chi connectivity index (χ1n) is 32.9. The molecule has 0 aliphatic carbocycles. The molecule has 0 aromatic rings. The van der Waals surface area contributed by atoms with Crippen molar-refractivity contribution in [3.05, 3.63) is 12.2 Å². The zero-order chi connectivity index (χ0) is 53.6. The molecule has 74 heavy (non-hydrogen) atoms. The molecular weight excluding hydrogens is 923 g/mol. The maximum absolute atomic E-state index is 13.1. The monoisotopic (exact) mass is 1050 g/mol. The molecule has 6 N–H and O–H groups in total. The number of carbonyl (C=O) groups excluding carboxylic acids is 1. The second kappa shape index (κ2) is 55.3. The lowest BCUT2D eigenvalue weighted by Crippen LogP contribution is -2.60. The molecule has 9 nitrogen and oxygen atoms in total. The molecule has 1 rings (SSSR count). The summed E-state index contributed by atoms with van der Waals surface area (Å²) in [6.45, 7) is 3.86. The number of rotatable bonds is 58. The Kier molecular flexibility index (Phi) is 53.0. The standard InChI is InChI=1S/C65H127NO8/c1-3-5-7-9-11-13-15-17-18-19-20-21-22-23-24-25-26-27-28-29-30-31-32-33-34-35-36-37-38-39-40-41-42-43-45-47-49-51-53-55-61(69)66-58(57-73-65-64(72)63(71)62(70)60(56-67)74-65)59(68)54-52-50-48-46-44-16-14-12-10-8-6-4-2/h19-20,58-60,62-65,67-68,70-72H,3-18,21-57H2,1-2H3,(H,66,69)/b20-19-. The summed E-state index contributed by atoms with van der Waals surface area (Å²) in [5.74, 6) is -0.137. The van der Waals surface area contributed by atoms with Gasteiger partial charge in [0, 0.05) is 6.42 Å². The first-order valence-corrected chi connectivity index (χ1v) is 32.9. The van der Waals surface area contributed by atoms with Crippen molar-refractivity contribution in [1.82, 2.24) is 5.32 Å². The van der Waals surface area contributed by atoms with Gasteiger partial charge in [0.1, 0.15) is 24.4 Å². The SMILES string of the molecule is CCCCCCCCCC/C=C\CCCCCCCCCCCCCCCCCCCCCCCCCCCCCC(=O)NC(COC1OC(CO)C(O)C(O)C1O)C(O)CCCCCCCCCCCCCC. The minimum atomic E-state index is -1.55. The van der Waals surface area contributed by atoms with Crippen LogP contribution < -0.4 is 5.32 Å². The van der Waals surface area contributed by atoms with E-state index in [9.17, 15) is 30.3 Å². The average Bonchev–Trinajstić information content (AvgIpc) is 3.40. The molecule has 1 fully saturated rings. The topological polar surface area (TPSA) is 149 Å². The lowest BCUT2D eigenvalue weighted by Gasteiger charge is -2.40. The fourth-order valence-corrected chi connectivity index (χ4v) is 10.9.